The largest absolute Gasteiger partial charge is 0.460 e. The second-order valence-electron chi connectivity index (χ2n) is 3.64. The molecule has 0 fully saturated rings. The van der Waals surface area contributed by atoms with Gasteiger partial charge >= 0.3 is 5.97 Å². The number of nitrogen functional groups attached to an aromatic ring is 1. The molecule has 2 aromatic rings. The molecule has 0 aliphatic rings. The third kappa shape index (κ3) is 3.01. The maximum Gasteiger partial charge on any atom is 0.340 e. The van der Waals surface area contributed by atoms with E-state index >= 15 is 0 Å². The van der Waals surface area contributed by atoms with Crippen molar-refractivity contribution in [1.29, 1.82) is 0 Å². The van der Waals surface area contributed by atoms with Gasteiger partial charge in [-0.15, -0.1) is 0 Å². The van der Waals surface area contributed by atoms with Crippen LogP contribution in [0.4, 0.5) is 5.69 Å². The third-order valence-electron chi connectivity index (χ3n) is 2.35. The summed E-state index contributed by atoms with van der Waals surface area (Å²) >= 11 is 5.75. The summed E-state index contributed by atoms with van der Waals surface area (Å²) in [5.74, 6) is -0.462. The number of anilines is 1. The first-order valence-corrected chi connectivity index (χ1v) is 5.74. The molecule has 0 radical (unpaired) electrons. The summed E-state index contributed by atoms with van der Waals surface area (Å²) in [5, 5.41) is 4.48. The Morgan fingerprint density at radius 1 is 1.50 bits per heavy atom. The van der Waals surface area contributed by atoms with Crippen LogP contribution < -0.4 is 5.73 Å². The topological polar surface area (TPSA) is 70.1 Å². The van der Waals surface area contributed by atoms with E-state index in [1.165, 1.54) is 6.07 Å². The molecule has 0 amide bonds. The van der Waals surface area contributed by atoms with Crippen LogP contribution in [0.3, 0.4) is 0 Å². The van der Waals surface area contributed by atoms with Gasteiger partial charge in [0.15, 0.2) is 0 Å². The lowest BCUT2D eigenvalue weighted by Gasteiger charge is -2.07. The smallest absolute Gasteiger partial charge is 0.340 e. The van der Waals surface area contributed by atoms with Crippen LogP contribution in [-0.4, -0.2) is 22.4 Å². The molecule has 1 heterocycles. The number of halogens is 1. The number of aromatic nitrogens is 2. The minimum Gasteiger partial charge on any atom is -0.460 e. The predicted octanol–water partition coefficient (Wildman–Crippen LogP) is 1.98. The fourth-order valence-corrected chi connectivity index (χ4v) is 1.64. The van der Waals surface area contributed by atoms with Crippen LogP contribution in [-0.2, 0) is 11.3 Å². The number of esters is 1. The molecule has 6 heteroatoms. The van der Waals surface area contributed by atoms with Crippen molar-refractivity contribution < 1.29 is 9.53 Å². The van der Waals surface area contributed by atoms with E-state index in [0.717, 1.165) is 0 Å². The fourth-order valence-electron chi connectivity index (χ4n) is 1.46. The highest BCUT2D eigenvalue weighted by Crippen LogP contribution is 2.18. The van der Waals surface area contributed by atoms with Crippen LogP contribution >= 0.6 is 11.6 Å². The van der Waals surface area contributed by atoms with E-state index in [0.29, 0.717) is 22.8 Å². The predicted molar refractivity (Wildman–Crippen MR) is 68.4 cm³/mol. The maximum atomic E-state index is 11.7. The van der Waals surface area contributed by atoms with E-state index in [1.807, 2.05) is 0 Å². The molecule has 0 saturated carbocycles. The molecule has 0 spiro atoms. The first-order valence-electron chi connectivity index (χ1n) is 5.36. The highest BCUT2D eigenvalue weighted by atomic mass is 35.5. The van der Waals surface area contributed by atoms with E-state index in [1.54, 1.807) is 35.3 Å². The first-order chi connectivity index (χ1) is 8.66. The molecule has 1 aromatic heterocycles. The number of nitrogens with zero attached hydrogens (tertiary/aromatic N) is 2. The lowest BCUT2D eigenvalue weighted by Crippen LogP contribution is -2.13. The lowest BCUT2D eigenvalue weighted by atomic mass is 10.2. The Hall–Kier alpha value is -2.01. The zero-order valence-corrected chi connectivity index (χ0v) is 10.3. The van der Waals surface area contributed by atoms with Gasteiger partial charge in [0.2, 0.25) is 0 Å². The second-order valence-corrected chi connectivity index (χ2v) is 4.07. The number of rotatable bonds is 4. The Kier molecular flexibility index (Phi) is 3.84. The summed E-state index contributed by atoms with van der Waals surface area (Å²) in [5.41, 5.74) is 6.32. The van der Waals surface area contributed by atoms with E-state index < -0.39 is 5.97 Å². The molecule has 1 aromatic carbocycles. The van der Waals surface area contributed by atoms with Crippen LogP contribution in [0.25, 0.3) is 0 Å². The molecule has 2 rings (SSSR count). The van der Waals surface area contributed by atoms with Crippen molar-refractivity contribution in [3.63, 3.8) is 0 Å². The van der Waals surface area contributed by atoms with Gasteiger partial charge in [0.05, 0.1) is 12.1 Å². The highest BCUT2D eigenvalue weighted by molar-refractivity contribution is 6.31. The highest BCUT2D eigenvalue weighted by Gasteiger charge is 2.11. The Balaban J connectivity index is 1.91. The minimum atomic E-state index is -0.462. The van der Waals surface area contributed by atoms with Gasteiger partial charge in [0, 0.05) is 23.1 Å². The second kappa shape index (κ2) is 5.55. The number of ether oxygens (including phenoxy) is 1. The van der Waals surface area contributed by atoms with Crippen molar-refractivity contribution in [1.82, 2.24) is 9.78 Å². The van der Waals surface area contributed by atoms with Crippen molar-refractivity contribution in [2.75, 3.05) is 12.3 Å². The van der Waals surface area contributed by atoms with Gasteiger partial charge in [-0.2, -0.15) is 5.10 Å². The summed E-state index contributed by atoms with van der Waals surface area (Å²) in [4.78, 5) is 11.7. The number of hydrogen-bond acceptors (Lipinski definition) is 4. The zero-order valence-electron chi connectivity index (χ0n) is 9.54. The summed E-state index contributed by atoms with van der Waals surface area (Å²) in [6, 6.07) is 6.47. The molecule has 5 nitrogen and oxygen atoms in total. The van der Waals surface area contributed by atoms with Gasteiger partial charge in [-0.1, -0.05) is 11.6 Å². The Morgan fingerprint density at radius 2 is 2.33 bits per heavy atom. The van der Waals surface area contributed by atoms with Crippen LogP contribution in [0, 0.1) is 0 Å². The van der Waals surface area contributed by atoms with Crippen molar-refractivity contribution in [2.45, 2.75) is 6.54 Å². The van der Waals surface area contributed by atoms with Crippen molar-refractivity contribution in [3.8, 4) is 0 Å². The fraction of sp³-hybridized carbons (Fsp3) is 0.167. The first kappa shape index (κ1) is 12.4. The normalized spacial score (nSPS) is 10.3. The molecule has 0 unspecified atom stereocenters. The lowest BCUT2D eigenvalue weighted by molar-refractivity contribution is 0.0489. The van der Waals surface area contributed by atoms with Crippen molar-refractivity contribution in [3.05, 3.63) is 47.2 Å². The number of nitrogens with two attached hydrogens (primary N) is 1. The van der Waals surface area contributed by atoms with E-state index in [4.69, 9.17) is 22.1 Å². The summed E-state index contributed by atoms with van der Waals surface area (Å²) in [7, 11) is 0. The molecular weight excluding hydrogens is 254 g/mol. The van der Waals surface area contributed by atoms with Crippen molar-refractivity contribution >= 4 is 23.3 Å². The van der Waals surface area contributed by atoms with Crippen LogP contribution in [0.1, 0.15) is 10.4 Å². The van der Waals surface area contributed by atoms with Gasteiger partial charge < -0.3 is 10.5 Å². The Bertz CT molecular complexity index is 540. The molecule has 94 valence electrons. The molecule has 0 atom stereocenters. The van der Waals surface area contributed by atoms with Gasteiger partial charge in [-0.3, -0.25) is 4.68 Å². The maximum absolute atomic E-state index is 11.7. The van der Waals surface area contributed by atoms with Gasteiger partial charge in [0.25, 0.3) is 0 Å². The molecule has 0 bridgehead atoms. The molecular formula is C12H12ClN3O2. The molecule has 18 heavy (non-hydrogen) atoms. The molecule has 2 N–H and O–H groups in total. The number of carbonyl (C=O) groups excluding carboxylic acids is 1. The van der Waals surface area contributed by atoms with E-state index in [9.17, 15) is 4.79 Å². The summed E-state index contributed by atoms with van der Waals surface area (Å²) in [6.45, 7) is 0.745. The number of hydrogen-bond donors (Lipinski definition) is 1. The summed E-state index contributed by atoms with van der Waals surface area (Å²) < 4.78 is 6.78. The minimum absolute atomic E-state index is 0.239. The average Bonchev–Trinajstić information content (AvgIpc) is 2.81. The SMILES string of the molecule is Nc1cc(Cl)ccc1C(=O)OCCn1cccn1. The van der Waals surface area contributed by atoms with Crippen LogP contribution in [0.5, 0.6) is 0 Å². The Morgan fingerprint density at radius 3 is 3.00 bits per heavy atom. The third-order valence-corrected chi connectivity index (χ3v) is 2.58. The van der Waals surface area contributed by atoms with E-state index in [-0.39, 0.29) is 6.61 Å². The van der Waals surface area contributed by atoms with Crippen molar-refractivity contribution in [2.24, 2.45) is 0 Å². The number of carbonyl (C=O) groups is 1. The van der Waals surface area contributed by atoms with E-state index in [2.05, 4.69) is 5.10 Å². The zero-order chi connectivity index (χ0) is 13.0. The standard InChI is InChI=1S/C12H12ClN3O2/c13-9-2-3-10(11(14)8-9)12(17)18-7-6-16-5-1-4-15-16/h1-5,8H,6-7,14H2. The summed E-state index contributed by atoms with van der Waals surface area (Å²) in [6.07, 6.45) is 3.46. The van der Waals surface area contributed by atoms with Gasteiger partial charge in [0.1, 0.15) is 6.61 Å². The average molecular weight is 266 g/mol. The van der Waals surface area contributed by atoms with Gasteiger partial charge in [-0.05, 0) is 24.3 Å². The Labute approximate surface area is 109 Å². The van der Waals surface area contributed by atoms with Gasteiger partial charge in [-0.25, -0.2) is 4.79 Å². The quantitative estimate of drug-likeness (QED) is 0.678. The molecule has 0 aliphatic carbocycles. The number of benzene rings is 1. The monoisotopic (exact) mass is 265 g/mol. The molecule has 0 saturated heterocycles. The van der Waals surface area contributed by atoms with Crippen LogP contribution in [0.15, 0.2) is 36.7 Å². The molecule has 0 aliphatic heterocycles. The van der Waals surface area contributed by atoms with Crippen LogP contribution in [0.2, 0.25) is 5.02 Å².